The highest BCUT2D eigenvalue weighted by Crippen LogP contribution is 2.21. The third kappa shape index (κ3) is 3.75. The van der Waals surface area contributed by atoms with Gasteiger partial charge < -0.3 is 9.47 Å². The van der Waals surface area contributed by atoms with Gasteiger partial charge in [-0.15, -0.1) is 0 Å². The van der Waals surface area contributed by atoms with E-state index in [1.165, 1.54) is 5.56 Å². The molecule has 0 aliphatic carbocycles. The summed E-state index contributed by atoms with van der Waals surface area (Å²) in [5, 5.41) is 8.50. The number of carbonyl (C=O) groups is 1. The van der Waals surface area contributed by atoms with Gasteiger partial charge in [0.05, 0.1) is 0 Å². The fourth-order valence-corrected chi connectivity index (χ4v) is 2.34. The van der Waals surface area contributed by atoms with E-state index in [9.17, 15) is 4.79 Å². The molecular formula is C20H16N2O3. The SMILES string of the molecule is Cc1ccc(C2=N/C(=C\c3ccc(OCC#N)cc3)C(=O)O2)cc1C. The lowest BCUT2D eigenvalue weighted by Gasteiger charge is -2.03. The topological polar surface area (TPSA) is 71.7 Å². The van der Waals surface area contributed by atoms with Crippen molar-refractivity contribution in [2.75, 3.05) is 6.61 Å². The van der Waals surface area contributed by atoms with Gasteiger partial charge in [-0.05, 0) is 60.9 Å². The van der Waals surface area contributed by atoms with Crippen LogP contribution in [0.25, 0.3) is 6.08 Å². The van der Waals surface area contributed by atoms with Crippen molar-refractivity contribution in [1.29, 1.82) is 5.26 Å². The lowest BCUT2D eigenvalue weighted by Crippen LogP contribution is -2.05. The predicted octanol–water partition coefficient (Wildman–Crippen LogP) is 3.55. The molecule has 0 saturated heterocycles. The molecule has 0 bridgehead atoms. The van der Waals surface area contributed by atoms with Crippen LogP contribution in [0.15, 0.2) is 53.2 Å². The van der Waals surface area contributed by atoms with Crippen LogP contribution in [-0.4, -0.2) is 18.5 Å². The smallest absolute Gasteiger partial charge is 0.363 e. The average molecular weight is 332 g/mol. The molecule has 0 amide bonds. The number of aliphatic imine (C=N–C) groups is 1. The third-order valence-corrected chi connectivity index (χ3v) is 3.86. The monoisotopic (exact) mass is 332 g/mol. The van der Waals surface area contributed by atoms with Crippen LogP contribution in [0.2, 0.25) is 0 Å². The van der Waals surface area contributed by atoms with Crippen molar-refractivity contribution < 1.29 is 14.3 Å². The second-order valence-electron chi connectivity index (χ2n) is 5.65. The first-order valence-electron chi connectivity index (χ1n) is 7.77. The first-order chi connectivity index (χ1) is 12.1. The summed E-state index contributed by atoms with van der Waals surface area (Å²) in [6.45, 7) is 4.02. The second kappa shape index (κ2) is 7.02. The van der Waals surface area contributed by atoms with E-state index in [0.29, 0.717) is 11.6 Å². The first-order valence-corrected chi connectivity index (χ1v) is 7.77. The van der Waals surface area contributed by atoms with Crippen LogP contribution in [0.5, 0.6) is 5.75 Å². The number of carbonyl (C=O) groups excluding carboxylic acids is 1. The Morgan fingerprint density at radius 3 is 2.60 bits per heavy atom. The van der Waals surface area contributed by atoms with Crippen LogP contribution < -0.4 is 4.74 Å². The average Bonchev–Trinajstić information content (AvgIpc) is 2.97. The largest absolute Gasteiger partial charge is 0.479 e. The Kier molecular flexibility index (Phi) is 4.62. The molecular weight excluding hydrogens is 316 g/mol. The number of nitrogens with zero attached hydrogens (tertiary/aromatic N) is 2. The van der Waals surface area contributed by atoms with Crippen molar-refractivity contribution >= 4 is 17.9 Å². The van der Waals surface area contributed by atoms with Gasteiger partial charge in [0.1, 0.15) is 11.8 Å². The summed E-state index contributed by atoms with van der Waals surface area (Å²) in [7, 11) is 0. The number of hydrogen-bond donors (Lipinski definition) is 0. The van der Waals surface area contributed by atoms with Crippen molar-refractivity contribution in [3.8, 4) is 11.8 Å². The quantitative estimate of drug-likeness (QED) is 0.634. The molecule has 1 aliphatic heterocycles. The summed E-state index contributed by atoms with van der Waals surface area (Å²) in [6, 6.07) is 14.8. The molecule has 1 aliphatic rings. The van der Waals surface area contributed by atoms with Gasteiger partial charge in [-0.1, -0.05) is 18.2 Å². The van der Waals surface area contributed by atoms with Crippen LogP contribution in [0, 0.1) is 25.2 Å². The molecule has 3 rings (SSSR count). The Morgan fingerprint density at radius 1 is 1.16 bits per heavy atom. The molecule has 0 aromatic heterocycles. The highest BCUT2D eigenvalue weighted by Gasteiger charge is 2.24. The minimum Gasteiger partial charge on any atom is -0.479 e. The van der Waals surface area contributed by atoms with Crippen molar-refractivity contribution in [3.63, 3.8) is 0 Å². The molecule has 5 nitrogen and oxygen atoms in total. The number of aryl methyl sites for hydroxylation is 2. The van der Waals surface area contributed by atoms with Crippen LogP contribution in [-0.2, 0) is 9.53 Å². The maximum atomic E-state index is 12.1. The van der Waals surface area contributed by atoms with Crippen molar-refractivity contribution in [1.82, 2.24) is 0 Å². The van der Waals surface area contributed by atoms with Crippen LogP contribution in [0.1, 0.15) is 22.3 Å². The van der Waals surface area contributed by atoms with E-state index in [0.717, 1.165) is 16.7 Å². The minimum absolute atomic E-state index is 0.00359. The molecule has 25 heavy (non-hydrogen) atoms. The van der Waals surface area contributed by atoms with E-state index in [4.69, 9.17) is 14.7 Å². The summed E-state index contributed by atoms with van der Waals surface area (Å²) in [4.78, 5) is 16.4. The molecule has 2 aromatic carbocycles. The van der Waals surface area contributed by atoms with E-state index in [1.54, 1.807) is 30.3 Å². The zero-order valence-corrected chi connectivity index (χ0v) is 13.9. The van der Waals surface area contributed by atoms with E-state index in [-0.39, 0.29) is 12.3 Å². The van der Waals surface area contributed by atoms with Crippen LogP contribution in [0.3, 0.4) is 0 Å². The molecule has 0 fully saturated rings. The fraction of sp³-hybridized carbons (Fsp3) is 0.150. The standard InChI is InChI=1S/C20H16N2O3/c1-13-3-6-16(11-14(13)2)19-22-18(20(23)25-19)12-15-4-7-17(8-5-15)24-10-9-21/h3-8,11-12H,10H2,1-2H3/b18-12-. The van der Waals surface area contributed by atoms with Gasteiger partial charge in [-0.25, -0.2) is 9.79 Å². The number of rotatable bonds is 4. The third-order valence-electron chi connectivity index (χ3n) is 3.86. The van der Waals surface area contributed by atoms with Gasteiger partial charge in [0.2, 0.25) is 5.90 Å². The molecule has 5 heteroatoms. The first kappa shape index (κ1) is 16.5. The molecule has 0 radical (unpaired) electrons. The van der Waals surface area contributed by atoms with E-state index < -0.39 is 5.97 Å². The molecule has 0 atom stereocenters. The van der Waals surface area contributed by atoms with Crippen molar-refractivity contribution in [2.24, 2.45) is 4.99 Å². The zero-order valence-electron chi connectivity index (χ0n) is 13.9. The van der Waals surface area contributed by atoms with Crippen molar-refractivity contribution in [3.05, 3.63) is 70.4 Å². The van der Waals surface area contributed by atoms with Gasteiger partial charge in [0.15, 0.2) is 12.3 Å². The molecule has 1 heterocycles. The zero-order chi connectivity index (χ0) is 17.8. The Hall–Kier alpha value is -3.39. The highest BCUT2D eigenvalue weighted by molar-refractivity contribution is 6.12. The number of esters is 1. The lowest BCUT2D eigenvalue weighted by molar-refractivity contribution is -0.129. The fourth-order valence-electron chi connectivity index (χ4n) is 2.34. The Morgan fingerprint density at radius 2 is 1.92 bits per heavy atom. The summed E-state index contributed by atoms with van der Waals surface area (Å²) in [5.74, 6) is 0.434. The number of benzene rings is 2. The normalized spacial score (nSPS) is 14.8. The summed E-state index contributed by atoms with van der Waals surface area (Å²) in [5.41, 5.74) is 4.10. The van der Waals surface area contributed by atoms with Gasteiger partial charge >= 0.3 is 5.97 Å². The number of hydrogen-bond acceptors (Lipinski definition) is 5. The Bertz CT molecular complexity index is 919. The maximum absolute atomic E-state index is 12.1. The van der Waals surface area contributed by atoms with Crippen molar-refractivity contribution in [2.45, 2.75) is 13.8 Å². The van der Waals surface area contributed by atoms with Gasteiger partial charge in [-0.3, -0.25) is 0 Å². The molecule has 2 aromatic rings. The maximum Gasteiger partial charge on any atom is 0.363 e. The van der Waals surface area contributed by atoms with Gasteiger partial charge in [0.25, 0.3) is 0 Å². The molecule has 0 spiro atoms. The molecule has 0 saturated carbocycles. The van der Waals surface area contributed by atoms with Crippen LogP contribution in [0.4, 0.5) is 0 Å². The number of ether oxygens (including phenoxy) is 2. The van der Waals surface area contributed by atoms with E-state index >= 15 is 0 Å². The summed E-state index contributed by atoms with van der Waals surface area (Å²) < 4.78 is 10.5. The second-order valence-corrected chi connectivity index (χ2v) is 5.65. The summed E-state index contributed by atoms with van der Waals surface area (Å²) >= 11 is 0. The Balaban J connectivity index is 1.83. The predicted molar refractivity (Wildman–Crippen MR) is 94.1 cm³/mol. The minimum atomic E-state index is -0.474. The number of nitriles is 1. The van der Waals surface area contributed by atoms with E-state index in [1.807, 2.05) is 38.1 Å². The molecule has 0 unspecified atom stereocenters. The molecule has 0 N–H and O–H groups in total. The van der Waals surface area contributed by atoms with Gasteiger partial charge in [0, 0.05) is 5.56 Å². The van der Waals surface area contributed by atoms with Gasteiger partial charge in [-0.2, -0.15) is 5.26 Å². The Labute approximate surface area is 145 Å². The highest BCUT2D eigenvalue weighted by atomic mass is 16.6. The van der Waals surface area contributed by atoms with E-state index in [2.05, 4.69) is 4.99 Å². The van der Waals surface area contributed by atoms with Crippen LogP contribution >= 0.6 is 0 Å². The molecule has 124 valence electrons. The number of cyclic esters (lactones) is 1. The summed E-state index contributed by atoms with van der Waals surface area (Å²) in [6.07, 6.45) is 1.66. The lowest BCUT2D eigenvalue weighted by atomic mass is 10.1.